The number of hydrogen-bond donors (Lipinski definition) is 0. The molecule has 0 radical (unpaired) electrons. The zero-order valence-electron chi connectivity index (χ0n) is 12.8. The number of hydrogen-bond acceptors (Lipinski definition) is 3. The van der Waals surface area contributed by atoms with Gasteiger partial charge in [-0.05, 0) is 79.4 Å². The van der Waals surface area contributed by atoms with Crippen molar-refractivity contribution >= 4 is 17.6 Å². The molecule has 0 aliphatic rings. The smallest absolute Gasteiger partial charge is 0.142 e. The molecule has 2 nitrogen and oxygen atoms in total. The third-order valence-electron chi connectivity index (χ3n) is 4.16. The third-order valence-corrected chi connectivity index (χ3v) is 4.97. The van der Waals surface area contributed by atoms with Crippen LogP contribution in [0.2, 0.25) is 0 Å². The molecule has 0 aliphatic heterocycles. The molecule has 0 bridgehead atoms. The van der Waals surface area contributed by atoms with Gasteiger partial charge in [0.05, 0.1) is 6.21 Å². The van der Waals surface area contributed by atoms with E-state index in [2.05, 4.69) is 39.8 Å². The van der Waals surface area contributed by atoms with Crippen molar-refractivity contribution in [1.82, 2.24) is 0 Å². The van der Waals surface area contributed by atoms with Crippen LogP contribution in [0.4, 0.5) is 0 Å². The second kappa shape index (κ2) is 6.23. The lowest BCUT2D eigenvalue weighted by Crippen LogP contribution is -2.03. The minimum absolute atomic E-state index is 0.529. The first kappa shape index (κ1) is 14.8. The lowest BCUT2D eigenvalue weighted by molar-refractivity contribution is 0.131. The standard InChI is InChI=1S/C17H21NOS/c1-11-12(2)14(4)17(15(5)13(11)3)10-19-18-9-16-7-6-8-20-16/h6-9H,10H2,1-5H3/b18-9+. The van der Waals surface area contributed by atoms with Gasteiger partial charge in [0, 0.05) is 4.88 Å². The van der Waals surface area contributed by atoms with Gasteiger partial charge in [0.2, 0.25) is 0 Å². The first-order chi connectivity index (χ1) is 9.52. The number of rotatable bonds is 4. The van der Waals surface area contributed by atoms with Crippen LogP contribution in [-0.2, 0) is 11.4 Å². The van der Waals surface area contributed by atoms with Crippen LogP contribution in [0.1, 0.15) is 38.3 Å². The van der Waals surface area contributed by atoms with Gasteiger partial charge in [-0.2, -0.15) is 0 Å². The monoisotopic (exact) mass is 287 g/mol. The molecule has 0 fully saturated rings. The molecule has 2 aromatic rings. The maximum absolute atomic E-state index is 5.48. The van der Waals surface area contributed by atoms with E-state index in [0.717, 1.165) is 4.88 Å². The summed E-state index contributed by atoms with van der Waals surface area (Å²) in [4.78, 5) is 6.59. The fraction of sp³-hybridized carbons (Fsp3) is 0.353. The number of oxime groups is 1. The highest BCUT2D eigenvalue weighted by atomic mass is 32.1. The van der Waals surface area contributed by atoms with Crippen LogP contribution in [0.5, 0.6) is 0 Å². The second-order valence-electron chi connectivity index (χ2n) is 5.13. The largest absolute Gasteiger partial charge is 0.391 e. The van der Waals surface area contributed by atoms with E-state index in [-0.39, 0.29) is 0 Å². The highest BCUT2D eigenvalue weighted by Crippen LogP contribution is 2.26. The molecular formula is C17H21NOS. The molecule has 0 amide bonds. The van der Waals surface area contributed by atoms with Crippen molar-refractivity contribution in [2.24, 2.45) is 5.16 Å². The van der Waals surface area contributed by atoms with Gasteiger partial charge in [0.1, 0.15) is 6.61 Å². The summed E-state index contributed by atoms with van der Waals surface area (Å²) in [6.45, 7) is 11.4. The van der Waals surface area contributed by atoms with E-state index in [4.69, 9.17) is 4.84 Å². The Balaban J connectivity index is 2.14. The van der Waals surface area contributed by atoms with E-state index in [0.29, 0.717) is 6.61 Å². The quantitative estimate of drug-likeness (QED) is 0.582. The summed E-state index contributed by atoms with van der Waals surface area (Å²) in [7, 11) is 0. The third kappa shape index (κ3) is 2.93. The summed E-state index contributed by atoms with van der Waals surface area (Å²) in [5.41, 5.74) is 7.98. The van der Waals surface area contributed by atoms with Gasteiger partial charge in [-0.1, -0.05) is 11.2 Å². The molecule has 0 atom stereocenters. The van der Waals surface area contributed by atoms with E-state index in [1.54, 1.807) is 17.6 Å². The van der Waals surface area contributed by atoms with E-state index in [1.165, 1.54) is 33.4 Å². The maximum Gasteiger partial charge on any atom is 0.142 e. The summed E-state index contributed by atoms with van der Waals surface area (Å²) >= 11 is 1.65. The van der Waals surface area contributed by atoms with Crippen LogP contribution in [0.25, 0.3) is 0 Å². The second-order valence-corrected chi connectivity index (χ2v) is 6.11. The molecule has 1 aromatic heterocycles. The molecule has 0 spiro atoms. The van der Waals surface area contributed by atoms with Crippen molar-refractivity contribution in [3.63, 3.8) is 0 Å². The first-order valence-electron chi connectivity index (χ1n) is 6.77. The van der Waals surface area contributed by atoms with Crippen LogP contribution in [-0.4, -0.2) is 6.21 Å². The molecule has 0 saturated carbocycles. The van der Waals surface area contributed by atoms with Crippen molar-refractivity contribution < 1.29 is 4.84 Å². The minimum atomic E-state index is 0.529. The summed E-state index contributed by atoms with van der Waals surface area (Å²) in [5.74, 6) is 0. The van der Waals surface area contributed by atoms with E-state index >= 15 is 0 Å². The Morgan fingerprint density at radius 1 is 1.00 bits per heavy atom. The van der Waals surface area contributed by atoms with E-state index < -0.39 is 0 Å². The molecule has 106 valence electrons. The zero-order valence-corrected chi connectivity index (χ0v) is 13.6. The van der Waals surface area contributed by atoms with Crippen molar-refractivity contribution in [3.8, 4) is 0 Å². The van der Waals surface area contributed by atoms with Gasteiger partial charge in [-0.25, -0.2) is 0 Å². The van der Waals surface area contributed by atoms with Gasteiger partial charge in [0.15, 0.2) is 0 Å². The van der Waals surface area contributed by atoms with Crippen molar-refractivity contribution in [3.05, 3.63) is 55.8 Å². The number of thiophene rings is 1. The van der Waals surface area contributed by atoms with Gasteiger partial charge in [-0.15, -0.1) is 11.3 Å². The molecule has 0 saturated heterocycles. The number of benzene rings is 1. The Morgan fingerprint density at radius 3 is 2.15 bits per heavy atom. The Morgan fingerprint density at radius 2 is 1.60 bits per heavy atom. The van der Waals surface area contributed by atoms with Crippen LogP contribution in [0.15, 0.2) is 22.7 Å². The molecule has 1 heterocycles. The molecule has 0 aliphatic carbocycles. The fourth-order valence-electron chi connectivity index (χ4n) is 2.35. The molecule has 0 unspecified atom stereocenters. The summed E-state index contributed by atoms with van der Waals surface area (Å²) in [6.07, 6.45) is 1.77. The van der Waals surface area contributed by atoms with Crippen LogP contribution in [0, 0.1) is 34.6 Å². The minimum Gasteiger partial charge on any atom is -0.391 e. The molecule has 3 heteroatoms. The van der Waals surface area contributed by atoms with Crippen molar-refractivity contribution in [1.29, 1.82) is 0 Å². The Kier molecular flexibility index (Phi) is 4.61. The molecule has 0 N–H and O–H groups in total. The van der Waals surface area contributed by atoms with Gasteiger partial charge in [-0.3, -0.25) is 0 Å². The molecular weight excluding hydrogens is 266 g/mol. The first-order valence-corrected chi connectivity index (χ1v) is 7.65. The van der Waals surface area contributed by atoms with Crippen LogP contribution < -0.4 is 0 Å². The molecule has 2 rings (SSSR count). The van der Waals surface area contributed by atoms with Gasteiger partial charge in [0.25, 0.3) is 0 Å². The summed E-state index contributed by atoms with van der Waals surface area (Å²) < 4.78 is 0. The topological polar surface area (TPSA) is 21.6 Å². The van der Waals surface area contributed by atoms with E-state index in [9.17, 15) is 0 Å². The SMILES string of the molecule is Cc1c(C)c(C)c(CO/N=C/c2cccs2)c(C)c1C. The predicted molar refractivity (Wildman–Crippen MR) is 86.8 cm³/mol. The molecule has 20 heavy (non-hydrogen) atoms. The van der Waals surface area contributed by atoms with Crippen LogP contribution in [0.3, 0.4) is 0 Å². The Bertz CT molecular complexity index is 598. The van der Waals surface area contributed by atoms with Crippen molar-refractivity contribution in [2.45, 2.75) is 41.2 Å². The highest BCUT2D eigenvalue weighted by molar-refractivity contribution is 7.11. The maximum atomic E-state index is 5.48. The lowest BCUT2D eigenvalue weighted by atomic mass is 9.90. The Hall–Kier alpha value is -1.61. The van der Waals surface area contributed by atoms with E-state index in [1.807, 2.05) is 17.5 Å². The normalized spacial score (nSPS) is 11.2. The predicted octanol–water partition coefficient (Wildman–Crippen LogP) is 4.84. The van der Waals surface area contributed by atoms with Crippen LogP contribution >= 0.6 is 11.3 Å². The Labute approximate surface area is 125 Å². The summed E-state index contributed by atoms with van der Waals surface area (Å²) in [5, 5.41) is 6.09. The number of nitrogens with zero attached hydrogens (tertiary/aromatic N) is 1. The van der Waals surface area contributed by atoms with Gasteiger partial charge < -0.3 is 4.84 Å². The van der Waals surface area contributed by atoms with Crippen molar-refractivity contribution in [2.75, 3.05) is 0 Å². The fourth-order valence-corrected chi connectivity index (χ4v) is 2.93. The zero-order chi connectivity index (χ0) is 14.7. The van der Waals surface area contributed by atoms with Gasteiger partial charge >= 0.3 is 0 Å². The average molecular weight is 287 g/mol. The molecule has 1 aromatic carbocycles. The lowest BCUT2D eigenvalue weighted by Gasteiger charge is -2.17. The highest BCUT2D eigenvalue weighted by Gasteiger charge is 2.12. The summed E-state index contributed by atoms with van der Waals surface area (Å²) in [6, 6.07) is 4.03. The average Bonchev–Trinajstić information content (AvgIpc) is 2.95.